The molecule has 1 aliphatic rings. The van der Waals surface area contributed by atoms with E-state index in [1.54, 1.807) is 18.2 Å². The van der Waals surface area contributed by atoms with Gasteiger partial charge in [0.05, 0.1) is 19.9 Å². The van der Waals surface area contributed by atoms with E-state index in [9.17, 15) is 9.59 Å². The van der Waals surface area contributed by atoms with E-state index in [0.29, 0.717) is 30.2 Å². The zero-order chi connectivity index (χ0) is 15.9. The van der Waals surface area contributed by atoms with Crippen molar-refractivity contribution in [3.63, 3.8) is 0 Å². The molecule has 7 heteroatoms. The lowest BCUT2D eigenvalue weighted by Crippen LogP contribution is -2.27. The maximum Gasteiger partial charge on any atom is 0.335 e. The molecule has 1 fully saturated rings. The van der Waals surface area contributed by atoms with Gasteiger partial charge in [-0.15, -0.1) is 0 Å². The number of amides is 1. The van der Waals surface area contributed by atoms with Crippen LogP contribution in [0, 0.1) is 0 Å². The molecule has 1 amide bonds. The first-order valence-corrected chi connectivity index (χ1v) is 6.94. The highest BCUT2D eigenvalue weighted by Gasteiger charge is 2.25. The predicted octanol–water partition coefficient (Wildman–Crippen LogP) is 1.36. The second-order valence-corrected chi connectivity index (χ2v) is 4.72. The zero-order valence-corrected chi connectivity index (χ0v) is 12.6. The van der Waals surface area contributed by atoms with Crippen molar-refractivity contribution >= 4 is 17.6 Å². The third kappa shape index (κ3) is 4.11. The van der Waals surface area contributed by atoms with Gasteiger partial charge < -0.3 is 24.3 Å². The number of carbonyl (C=O) groups is 2. The number of carbonyl (C=O) groups excluding carboxylic acids is 2. The van der Waals surface area contributed by atoms with Gasteiger partial charge in [-0.3, -0.25) is 4.79 Å². The summed E-state index contributed by atoms with van der Waals surface area (Å²) >= 11 is 0. The Labute approximate surface area is 128 Å². The minimum absolute atomic E-state index is 0.376. The fourth-order valence-corrected chi connectivity index (χ4v) is 2.09. The van der Waals surface area contributed by atoms with Crippen LogP contribution in [0.5, 0.6) is 11.5 Å². The quantitative estimate of drug-likeness (QED) is 0.799. The number of rotatable bonds is 6. The molecule has 22 heavy (non-hydrogen) atoms. The van der Waals surface area contributed by atoms with Gasteiger partial charge in [-0.2, -0.15) is 0 Å². The molecule has 7 nitrogen and oxygen atoms in total. The summed E-state index contributed by atoms with van der Waals surface area (Å²) in [6.07, 6.45) is 0.899. The molecule has 0 saturated carbocycles. The van der Waals surface area contributed by atoms with Gasteiger partial charge in [-0.25, -0.2) is 4.79 Å². The smallest absolute Gasteiger partial charge is 0.335 e. The van der Waals surface area contributed by atoms with E-state index < -0.39 is 18.0 Å². The molecule has 1 aromatic carbocycles. The van der Waals surface area contributed by atoms with E-state index in [1.807, 2.05) is 0 Å². The molecule has 0 aliphatic carbocycles. The molecule has 1 atom stereocenters. The van der Waals surface area contributed by atoms with E-state index in [1.165, 1.54) is 14.2 Å². The summed E-state index contributed by atoms with van der Waals surface area (Å²) in [7, 11) is 3.02. The lowest BCUT2D eigenvalue weighted by molar-refractivity contribution is -0.156. The van der Waals surface area contributed by atoms with E-state index in [4.69, 9.17) is 18.9 Å². The maximum atomic E-state index is 11.9. The van der Waals surface area contributed by atoms with Crippen LogP contribution in [0.2, 0.25) is 0 Å². The highest BCUT2D eigenvalue weighted by atomic mass is 16.6. The van der Waals surface area contributed by atoms with E-state index >= 15 is 0 Å². The highest BCUT2D eigenvalue weighted by Crippen LogP contribution is 2.28. The van der Waals surface area contributed by atoms with Gasteiger partial charge >= 0.3 is 5.97 Å². The Morgan fingerprint density at radius 2 is 2.14 bits per heavy atom. The minimum Gasteiger partial charge on any atom is -0.497 e. The summed E-state index contributed by atoms with van der Waals surface area (Å²) in [4.78, 5) is 23.5. The lowest BCUT2D eigenvalue weighted by Gasteiger charge is -2.13. The molecule has 0 unspecified atom stereocenters. The fourth-order valence-electron chi connectivity index (χ4n) is 2.09. The molecule has 0 radical (unpaired) electrons. The summed E-state index contributed by atoms with van der Waals surface area (Å²) in [5.41, 5.74) is 0.444. The molecule has 1 N–H and O–H groups in total. The van der Waals surface area contributed by atoms with Crippen molar-refractivity contribution in [2.24, 2.45) is 0 Å². The predicted molar refractivity (Wildman–Crippen MR) is 78.1 cm³/mol. The summed E-state index contributed by atoms with van der Waals surface area (Å²) < 4.78 is 20.4. The first kappa shape index (κ1) is 16.1. The van der Waals surface area contributed by atoms with Crippen LogP contribution in [0.1, 0.15) is 12.8 Å². The lowest BCUT2D eigenvalue weighted by atomic mass is 10.2. The van der Waals surface area contributed by atoms with Gasteiger partial charge in [-0.1, -0.05) is 0 Å². The summed E-state index contributed by atoms with van der Waals surface area (Å²) in [6, 6.07) is 5.01. The van der Waals surface area contributed by atoms with Crippen molar-refractivity contribution in [2.45, 2.75) is 18.9 Å². The van der Waals surface area contributed by atoms with Gasteiger partial charge in [0.2, 0.25) is 0 Å². The monoisotopic (exact) mass is 309 g/mol. The Morgan fingerprint density at radius 1 is 1.32 bits per heavy atom. The van der Waals surface area contributed by atoms with Gasteiger partial charge in [0, 0.05) is 12.7 Å². The molecule has 1 aromatic rings. The van der Waals surface area contributed by atoms with Crippen molar-refractivity contribution in [2.75, 3.05) is 32.8 Å². The number of ether oxygens (including phenoxy) is 4. The Hall–Kier alpha value is -2.28. The Kier molecular flexibility index (Phi) is 5.60. The van der Waals surface area contributed by atoms with Crippen LogP contribution in [0.3, 0.4) is 0 Å². The van der Waals surface area contributed by atoms with Gasteiger partial charge in [0.15, 0.2) is 12.7 Å². The number of nitrogens with one attached hydrogen (secondary N) is 1. The maximum absolute atomic E-state index is 11.9. The van der Waals surface area contributed by atoms with E-state index in [0.717, 1.165) is 6.42 Å². The molecular weight excluding hydrogens is 290 g/mol. The van der Waals surface area contributed by atoms with Crippen molar-refractivity contribution < 1.29 is 28.5 Å². The van der Waals surface area contributed by atoms with Crippen LogP contribution in [-0.2, 0) is 19.1 Å². The Balaban J connectivity index is 1.89. The standard InChI is InChI=1S/C15H19NO6/c1-19-10-5-6-12(20-2)11(8-10)16-14(17)9-22-15(18)13-4-3-7-21-13/h5-6,8,13H,3-4,7,9H2,1-2H3,(H,16,17)/t13-/m1/s1. The topological polar surface area (TPSA) is 83.1 Å². The Morgan fingerprint density at radius 3 is 2.77 bits per heavy atom. The number of hydrogen-bond donors (Lipinski definition) is 1. The highest BCUT2D eigenvalue weighted by molar-refractivity contribution is 5.94. The van der Waals surface area contributed by atoms with Crippen molar-refractivity contribution in [3.05, 3.63) is 18.2 Å². The number of benzene rings is 1. The van der Waals surface area contributed by atoms with Crippen LogP contribution in [0.15, 0.2) is 18.2 Å². The molecule has 1 aliphatic heterocycles. The minimum atomic E-state index is -0.556. The van der Waals surface area contributed by atoms with Crippen molar-refractivity contribution in [3.8, 4) is 11.5 Å². The van der Waals surface area contributed by atoms with Crippen LogP contribution in [0.4, 0.5) is 5.69 Å². The van der Waals surface area contributed by atoms with Gasteiger partial charge in [0.1, 0.15) is 11.5 Å². The SMILES string of the molecule is COc1ccc(OC)c(NC(=O)COC(=O)[C@H]2CCCO2)c1. The first-order valence-electron chi connectivity index (χ1n) is 6.94. The summed E-state index contributed by atoms with van der Waals surface area (Å²) in [6.45, 7) is 0.173. The second kappa shape index (κ2) is 7.65. The largest absolute Gasteiger partial charge is 0.497 e. The van der Waals surface area contributed by atoms with Crippen molar-refractivity contribution in [1.29, 1.82) is 0 Å². The molecule has 2 rings (SSSR count). The second-order valence-electron chi connectivity index (χ2n) is 4.72. The molecular formula is C15H19NO6. The third-order valence-corrected chi connectivity index (χ3v) is 3.22. The van der Waals surface area contributed by atoms with Crippen LogP contribution in [-0.4, -0.2) is 45.4 Å². The van der Waals surface area contributed by atoms with Crippen LogP contribution in [0.25, 0.3) is 0 Å². The number of hydrogen-bond acceptors (Lipinski definition) is 6. The van der Waals surface area contributed by atoms with Crippen molar-refractivity contribution in [1.82, 2.24) is 0 Å². The van der Waals surface area contributed by atoms with Gasteiger partial charge in [0.25, 0.3) is 5.91 Å². The zero-order valence-electron chi connectivity index (χ0n) is 12.6. The first-order chi connectivity index (χ1) is 10.6. The molecule has 120 valence electrons. The number of anilines is 1. The fraction of sp³-hybridized carbons (Fsp3) is 0.467. The van der Waals surface area contributed by atoms with Crippen LogP contribution < -0.4 is 14.8 Å². The third-order valence-electron chi connectivity index (χ3n) is 3.22. The average molecular weight is 309 g/mol. The van der Waals surface area contributed by atoms with E-state index in [2.05, 4.69) is 5.32 Å². The molecule has 0 aromatic heterocycles. The number of methoxy groups -OCH3 is 2. The number of esters is 1. The van der Waals surface area contributed by atoms with E-state index in [-0.39, 0.29) is 6.61 Å². The average Bonchev–Trinajstić information content (AvgIpc) is 3.07. The van der Waals surface area contributed by atoms with Crippen LogP contribution >= 0.6 is 0 Å². The summed E-state index contributed by atoms with van der Waals surface area (Å²) in [5.74, 6) is 0.0928. The molecule has 1 heterocycles. The van der Waals surface area contributed by atoms with Gasteiger partial charge in [-0.05, 0) is 25.0 Å². The normalized spacial score (nSPS) is 16.9. The molecule has 0 spiro atoms. The molecule has 0 bridgehead atoms. The molecule has 1 saturated heterocycles. The Bertz CT molecular complexity index is 539. The summed E-state index contributed by atoms with van der Waals surface area (Å²) in [5, 5.41) is 2.62.